The van der Waals surface area contributed by atoms with E-state index in [4.69, 9.17) is 0 Å². The van der Waals surface area contributed by atoms with Gasteiger partial charge in [0.25, 0.3) is 0 Å². The van der Waals surface area contributed by atoms with Gasteiger partial charge in [-0.1, -0.05) is 231 Å². The van der Waals surface area contributed by atoms with Crippen LogP contribution in [0, 0.1) is 0 Å². The van der Waals surface area contributed by atoms with Gasteiger partial charge in [-0.2, -0.15) is 0 Å². The standard InChI is InChI=1S/C48H95NO4/c1-3-5-7-9-11-13-15-17-19-21-23-24-25-27-29-31-33-35-37-39-41-45(51)43-48(53)49-46(44-50)47(52)42-40-38-36-34-32-30-28-26-22-20-18-16-14-12-10-8-6-4-2/h25,27,45-47,50-52H,3-24,26,28-44H2,1-2H3,(H,49,53)/b27-25-. The number of carbonyl (C=O) groups excluding carboxylic acids is 1. The highest BCUT2D eigenvalue weighted by Crippen LogP contribution is 2.17. The minimum atomic E-state index is -0.749. The molecule has 4 N–H and O–H groups in total. The number of allylic oxidation sites excluding steroid dienone is 2. The van der Waals surface area contributed by atoms with E-state index >= 15 is 0 Å². The molecule has 316 valence electrons. The number of carbonyl (C=O) groups is 1. The van der Waals surface area contributed by atoms with E-state index in [1.165, 1.54) is 199 Å². The number of rotatable bonds is 44. The summed E-state index contributed by atoms with van der Waals surface area (Å²) in [7, 11) is 0. The lowest BCUT2D eigenvalue weighted by Crippen LogP contribution is -2.46. The van der Waals surface area contributed by atoms with Crippen LogP contribution in [0.3, 0.4) is 0 Å². The van der Waals surface area contributed by atoms with E-state index in [-0.39, 0.29) is 18.9 Å². The van der Waals surface area contributed by atoms with E-state index in [1.54, 1.807) is 0 Å². The first-order valence-electron chi connectivity index (χ1n) is 24.0. The fraction of sp³-hybridized carbons (Fsp3) is 0.938. The largest absolute Gasteiger partial charge is 0.394 e. The smallest absolute Gasteiger partial charge is 0.222 e. The Bertz CT molecular complexity index is 743. The van der Waals surface area contributed by atoms with E-state index in [9.17, 15) is 20.1 Å². The fourth-order valence-corrected chi connectivity index (χ4v) is 7.64. The quantitative estimate of drug-likeness (QED) is 0.0369. The highest BCUT2D eigenvalue weighted by molar-refractivity contribution is 5.76. The SMILES string of the molecule is CCCCCCCCCCCCC/C=C\CCCCCCCC(O)CC(=O)NC(CO)C(O)CCCCCCCCCCCCCCCCCCCC. The minimum absolute atomic E-state index is 0.0341. The minimum Gasteiger partial charge on any atom is -0.394 e. The molecule has 0 aromatic carbocycles. The van der Waals surface area contributed by atoms with Crippen LogP contribution in [0.1, 0.15) is 264 Å². The molecule has 3 atom stereocenters. The Balaban J connectivity index is 3.59. The van der Waals surface area contributed by atoms with Gasteiger partial charge in [0.2, 0.25) is 5.91 Å². The summed E-state index contributed by atoms with van der Waals surface area (Å²) >= 11 is 0. The number of hydrogen-bond donors (Lipinski definition) is 4. The fourth-order valence-electron chi connectivity index (χ4n) is 7.64. The van der Waals surface area contributed by atoms with Gasteiger partial charge in [-0.3, -0.25) is 4.79 Å². The molecule has 53 heavy (non-hydrogen) atoms. The lowest BCUT2D eigenvalue weighted by atomic mass is 10.0. The lowest BCUT2D eigenvalue weighted by Gasteiger charge is -2.23. The van der Waals surface area contributed by atoms with Crippen molar-refractivity contribution in [3.05, 3.63) is 12.2 Å². The van der Waals surface area contributed by atoms with Crippen molar-refractivity contribution >= 4 is 5.91 Å². The molecule has 0 heterocycles. The van der Waals surface area contributed by atoms with Crippen molar-refractivity contribution in [2.24, 2.45) is 0 Å². The molecule has 0 radical (unpaired) electrons. The van der Waals surface area contributed by atoms with Crippen LogP contribution in [-0.2, 0) is 4.79 Å². The predicted octanol–water partition coefficient (Wildman–Crippen LogP) is 14.0. The van der Waals surface area contributed by atoms with E-state index < -0.39 is 18.2 Å². The second-order valence-corrected chi connectivity index (χ2v) is 16.7. The molecule has 5 nitrogen and oxygen atoms in total. The molecule has 0 spiro atoms. The molecule has 1 amide bonds. The zero-order valence-corrected chi connectivity index (χ0v) is 35.9. The van der Waals surface area contributed by atoms with Gasteiger partial charge < -0.3 is 20.6 Å². The van der Waals surface area contributed by atoms with Crippen LogP contribution in [0.5, 0.6) is 0 Å². The summed E-state index contributed by atoms with van der Waals surface area (Å²) < 4.78 is 0. The summed E-state index contributed by atoms with van der Waals surface area (Å²) in [5.41, 5.74) is 0. The number of amides is 1. The Kier molecular flexibility index (Phi) is 43.1. The van der Waals surface area contributed by atoms with Crippen molar-refractivity contribution in [1.82, 2.24) is 5.32 Å². The Morgan fingerprint density at radius 3 is 1.09 bits per heavy atom. The number of nitrogens with one attached hydrogen (secondary N) is 1. The summed E-state index contributed by atoms with van der Waals surface area (Å²) in [5, 5.41) is 33.5. The van der Waals surface area contributed by atoms with Gasteiger partial charge in [0.15, 0.2) is 0 Å². The number of hydrogen-bond acceptors (Lipinski definition) is 4. The van der Waals surface area contributed by atoms with Crippen molar-refractivity contribution in [3.8, 4) is 0 Å². The van der Waals surface area contributed by atoms with Crippen LogP contribution < -0.4 is 5.32 Å². The Morgan fingerprint density at radius 2 is 0.755 bits per heavy atom. The second kappa shape index (κ2) is 43.8. The summed E-state index contributed by atoms with van der Waals surface area (Å²) in [5.74, 6) is -0.284. The van der Waals surface area contributed by atoms with Crippen molar-refractivity contribution < 1.29 is 20.1 Å². The van der Waals surface area contributed by atoms with Crippen molar-refractivity contribution in [2.75, 3.05) is 6.61 Å². The van der Waals surface area contributed by atoms with Gasteiger partial charge in [-0.05, 0) is 38.5 Å². The Hall–Kier alpha value is -0.910. The first-order valence-corrected chi connectivity index (χ1v) is 24.0. The third-order valence-electron chi connectivity index (χ3n) is 11.3. The molecule has 5 heteroatoms. The molecule has 0 saturated heterocycles. The molecular formula is C48H95NO4. The molecule has 0 aromatic heterocycles. The first kappa shape index (κ1) is 52.1. The normalized spacial score (nSPS) is 13.5. The van der Waals surface area contributed by atoms with E-state index in [0.29, 0.717) is 12.8 Å². The van der Waals surface area contributed by atoms with Gasteiger partial charge in [-0.15, -0.1) is 0 Å². The zero-order chi connectivity index (χ0) is 38.7. The average Bonchev–Trinajstić information content (AvgIpc) is 3.15. The lowest BCUT2D eigenvalue weighted by molar-refractivity contribution is -0.125. The van der Waals surface area contributed by atoms with Crippen LogP contribution in [0.25, 0.3) is 0 Å². The second-order valence-electron chi connectivity index (χ2n) is 16.7. The highest BCUT2D eigenvalue weighted by atomic mass is 16.3. The molecule has 0 aliphatic carbocycles. The maximum absolute atomic E-state index is 12.5. The maximum atomic E-state index is 12.5. The first-order chi connectivity index (χ1) is 26.0. The van der Waals surface area contributed by atoms with Gasteiger partial charge in [-0.25, -0.2) is 0 Å². The zero-order valence-electron chi connectivity index (χ0n) is 35.9. The summed E-state index contributed by atoms with van der Waals surface area (Å²) in [6.07, 6.45) is 51.9. The third kappa shape index (κ3) is 40.6. The molecule has 0 saturated carbocycles. The Morgan fingerprint density at radius 1 is 0.453 bits per heavy atom. The van der Waals surface area contributed by atoms with Crippen LogP contribution in [0.15, 0.2) is 12.2 Å². The highest BCUT2D eigenvalue weighted by Gasteiger charge is 2.21. The van der Waals surface area contributed by atoms with Gasteiger partial charge in [0, 0.05) is 0 Å². The van der Waals surface area contributed by atoms with E-state index in [0.717, 1.165) is 32.1 Å². The number of unbranched alkanes of at least 4 members (excludes halogenated alkanes) is 33. The number of aliphatic hydroxyl groups is 3. The van der Waals surface area contributed by atoms with Crippen LogP contribution in [-0.4, -0.2) is 46.1 Å². The predicted molar refractivity (Wildman–Crippen MR) is 232 cm³/mol. The monoisotopic (exact) mass is 750 g/mol. The van der Waals surface area contributed by atoms with Crippen LogP contribution in [0.4, 0.5) is 0 Å². The number of aliphatic hydroxyl groups excluding tert-OH is 3. The summed E-state index contributed by atoms with van der Waals surface area (Å²) in [4.78, 5) is 12.5. The molecule has 3 unspecified atom stereocenters. The Labute approximate surface area is 331 Å². The molecular weight excluding hydrogens is 655 g/mol. The van der Waals surface area contributed by atoms with Gasteiger partial charge in [0.05, 0.1) is 31.3 Å². The van der Waals surface area contributed by atoms with Crippen LogP contribution in [0.2, 0.25) is 0 Å². The topological polar surface area (TPSA) is 89.8 Å². The summed E-state index contributed by atoms with van der Waals surface area (Å²) in [6.45, 7) is 4.28. The molecule has 0 aliphatic rings. The maximum Gasteiger partial charge on any atom is 0.222 e. The van der Waals surface area contributed by atoms with Gasteiger partial charge >= 0.3 is 0 Å². The molecule has 0 aliphatic heterocycles. The average molecular weight is 750 g/mol. The molecule has 0 rings (SSSR count). The van der Waals surface area contributed by atoms with Crippen molar-refractivity contribution in [3.63, 3.8) is 0 Å². The summed E-state index contributed by atoms with van der Waals surface area (Å²) in [6, 6.07) is -0.658. The van der Waals surface area contributed by atoms with E-state index in [2.05, 4.69) is 31.3 Å². The molecule has 0 fully saturated rings. The molecule has 0 bridgehead atoms. The van der Waals surface area contributed by atoms with Gasteiger partial charge in [0.1, 0.15) is 0 Å². The van der Waals surface area contributed by atoms with E-state index in [1.807, 2.05) is 0 Å². The van der Waals surface area contributed by atoms with Crippen molar-refractivity contribution in [1.29, 1.82) is 0 Å². The molecule has 0 aromatic rings. The third-order valence-corrected chi connectivity index (χ3v) is 11.3. The van der Waals surface area contributed by atoms with Crippen LogP contribution >= 0.6 is 0 Å². The van der Waals surface area contributed by atoms with Crippen molar-refractivity contribution in [2.45, 2.75) is 283 Å².